The number of rotatable bonds is 5. The third-order valence-corrected chi connectivity index (χ3v) is 3.46. The number of benzene rings is 2. The molecule has 0 spiro atoms. The van der Waals surface area contributed by atoms with Crippen molar-refractivity contribution in [1.29, 1.82) is 0 Å². The van der Waals surface area contributed by atoms with Crippen LogP contribution in [0.4, 0.5) is 5.69 Å². The molecule has 0 atom stereocenters. The van der Waals surface area contributed by atoms with E-state index in [1.165, 1.54) is 16.7 Å². The molecule has 2 rings (SSSR count). The zero-order chi connectivity index (χ0) is 13.7. The van der Waals surface area contributed by atoms with Gasteiger partial charge in [0.1, 0.15) is 0 Å². The number of hydrogen-bond acceptors (Lipinski definition) is 2. The van der Waals surface area contributed by atoms with E-state index in [0.29, 0.717) is 0 Å². The number of anilines is 1. The molecule has 0 unspecified atom stereocenters. The van der Waals surface area contributed by atoms with Gasteiger partial charge in [-0.25, -0.2) is 0 Å². The van der Waals surface area contributed by atoms with Gasteiger partial charge in [-0.05, 0) is 42.3 Å². The van der Waals surface area contributed by atoms with Crippen LogP contribution in [-0.4, -0.2) is 11.4 Å². The number of nitrogens with two attached hydrogens (primary N) is 1. The fourth-order valence-corrected chi connectivity index (χ4v) is 2.22. The molecule has 0 radical (unpaired) electrons. The molecule has 0 bridgehead atoms. The Balaban J connectivity index is 2.09. The highest BCUT2D eigenvalue weighted by atomic mass is 15.1. The second-order valence-electron chi connectivity index (χ2n) is 4.97. The molecule has 0 heterocycles. The Morgan fingerprint density at radius 2 is 1.74 bits per heavy atom. The van der Waals surface area contributed by atoms with Crippen LogP contribution < -0.4 is 5.73 Å². The highest BCUT2D eigenvalue weighted by Gasteiger charge is 2.07. The summed E-state index contributed by atoms with van der Waals surface area (Å²) in [6, 6.07) is 16.7. The molecule has 0 fully saturated rings. The zero-order valence-electron chi connectivity index (χ0n) is 11.8. The number of nitrogens with zero attached hydrogens (tertiary/aromatic N) is 1. The summed E-state index contributed by atoms with van der Waals surface area (Å²) in [6.45, 7) is 7.30. The number of hydrogen-bond donors (Lipinski definition) is 1. The van der Waals surface area contributed by atoms with Crippen LogP contribution >= 0.6 is 0 Å². The van der Waals surface area contributed by atoms with E-state index in [1.54, 1.807) is 0 Å². The molecule has 2 nitrogen and oxygen atoms in total. The summed E-state index contributed by atoms with van der Waals surface area (Å²) in [5.74, 6) is 0. The van der Waals surface area contributed by atoms with Gasteiger partial charge in [0.2, 0.25) is 0 Å². The fourth-order valence-electron chi connectivity index (χ4n) is 2.22. The monoisotopic (exact) mass is 254 g/mol. The Labute approximate surface area is 115 Å². The molecule has 0 aliphatic carbocycles. The van der Waals surface area contributed by atoms with E-state index in [4.69, 9.17) is 5.73 Å². The van der Waals surface area contributed by atoms with Crippen molar-refractivity contribution in [1.82, 2.24) is 4.90 Å². The van der Waals surface area contributed by atoms with Gasteiger partial charge in [-0.1, -0.05) is 43.3 Å². The van der Waals surface area contributed by atoms with Crippen molar-refractivity contribution in [3.63, 3.8) is 0 Å². The highest BCUT2D eigenvalue weighted by Crippen LogP contribution is 2.16. The first-order valence-electron chi connectivity index (χ1n) is 6.80. The van der Waals surface area contributed by atoms with Gasteiger partial charge in [-0.2, -0.15) is 0 Å². The van der Waals surface area contributed by atoms with Gasteiger partial charge in [-0.3, -0.25) is 4.90 Å². The summed E-state index contributed by atoms with van der Waals surface area (Å²) in [6.07, 6.45) is 0. The van der Waals surface area contributed by atoms with Crippen LogP contribution in [0, 0.1) is 6.92 Å². The maximum atomic E-state index is 5.88. The van der Waals surface area contributed by atoms with Crippen molar-refractivity contribution in [2.75, 3.05) is 12.3 Å². The van der Waals surface area contributed by atoms with Crippen LogP contribution in [-0.2, 0) is 13.1 Å². The molecule has 0 amide bonds. The maximum absolute atomic E-state index is 5.88. The van der Waals surface area contributed by atoms with Crippen LogP contribution in [0.15, 0.2) is 48.5 Å². The lowest BCUT2D eigenvalue weighted by Crippen LogP contribution is -2.22. The third kappa shape index (κ3) is 3.83. The molecule has 0 aliphatic rings. The average Bonchev–Trinajstić information content (AvgIpc) is 2.43. The molecule has 2 N–H and O–H groups in total. The van der Waals surface area contributed by atoms with Gasteiger partial charge in [0.05, 0.1) is 0 Å². The Morgan fingerprint density at radius 1 is 1.00 bits per heavy atom. The lowest BCUT2D eigenvalue weighted by molar-refractivity contribution is 0.271. The van der Waals surface area contributed by atoms with Crippen molar-refractivity contribution < 1.29 is 0 Å². The lowest BCUT2D eigenvalue weighted by atomic mass is 10.1. The summed E-state index contributed by atoms with van der Waals surface area (Å²) >= 11 is 0. The summed E-state index contributed by atoms with van der Waals surface area (Å²) in [5.41, 5.74) is 10.7. The van der Waals surface area contributed by atoms with Crippen molar-refractivity contribution in [3.05, 3.63) is 65.2 Å². The second-order valence-corrected chi connectivity index (χ2v) is 4.97. The van der Waals surface area contributed by atoms with Gasteiger partial charge < -0.3 is 5.73 Å². The smallest absolute Gasteiger partial charge is 0.0317 e. The Hall–Kier alpha value is -1.80. The highest BCUT2D eigenvalue weighted by molar-refractivity contribution is 5.44. The Bertz CT molecular complexity index is 520. The Morgan fingerprint density at radius 3 is 2.42 bits per heavy atom. The van der Waals surface area contributed by atoms with E-state index >= 15 is 0 Å². The van der Waals surface area contributed by atoms with E-state index < -0.39 is 0 Å². The molecular formula is C17H22N2. The minimum Gasteiger partial charge on any atom is -0.399 e. The minimum absolute atomic E-state index is 0.844. The minimum atomic E-state index is 0.844. The molecule has 2 aromatic rings. The molecule has 2 heteroatoms. The summed E-state index contributed by atoms with van der Waals surface area (Å²) < 4.78 is 0. The first kappa shape index (κ1) is 13.6. The van der Waals surface area contributed by atoms with E-state index in [2.05, 4.69) is 61.2 Å². The molecular weight excluding hydrogens is 232 g/mol. The van der Waals surface area contributed by atoms with Gasteiger partial charge in [0.25, 0.3) is 0 Å². The van der Waals surface area contributed by atoms with Crippen molar-refractivity contribution in [2.24, 2.45) is 0 Å². The summed E-state index contributed by atoms with van der Waals surface area (Å²) in [4.78, 5) is 2.43. The molecule has 100 valence electrons. The normalized spacial score (nSPS) is 10.9. The van der Waals surface area contributed by atoms with E-state index in [0.717, 1.165) is 25.3 Å². The molecule has 0 aromatic heterocycles. The second kappa shape index (κ2) is 6.39. The molecule has 0 aliphatic heterocycles. The fraction of sp³-hybridized carbons (Fsp3) is 0.294. The molecule has 0 saturated carbocycles. The molecule has 2 aromatic carbocycles. The van der Waals surface area contributed by atoms with Crippen LogP contribution in [0.3, 0.4) is 0 Å². The van der Waals surface area contributed by atoms with Crippen LogP contribution in [0.25, 0.3) is 0 Å². The molecule has 19 heavy (non-hydrogen) atoms. The van der Waals surface area contributed by atoms with Gasteiger partial charge in [-0.15, -0.1) is 0 Å². The zero-order valence-corrected chi connectivity index (χ0v) is 11.8. The largest absolute Gasteiger partial charge is 0.399 e. The Kier molecular flexibility index (Phi) is 4.58. The van der Waals surface area contributed by atoms with Crippen LogP contribution in [0.2, 0.25) is 0 Å². The van der Waals surface area contributed by atoms with E-state index in [9.17, 15) is 0 Å². The standard InChI is InChI=1S/C17H22N2/c1-3-19(12-15-7-5-4-6-8-15)13-16-11-17(18)10-9-14(16)2/h4-11H,3,12-13,18H2,1-2H3. The maximum Gasteiger partial charge on any atom is 0.0317 e. The SMILES string of the molecule is CCN(Cc1ccccc1)Cc1cc(N)ccc1C. The topological polar surface area (TPSA) is 29.3 Å². The van der Waals surface area contributed by atoms with Crippen molar-refractivity contribution in [3.8, 4) is 0 Å². The van der Waals surface area contributed by atoms with Crippen LogP contribution in [0.1, 0.15) is 23.6 Å². The third-order valence-electron chi connectivity index (χ3n) is 3.46. The van der Waals surface area contributed by atoms with Gasteiger partial charge in [0.15, 0.2) is 0 Å². The van der Waals surface area contributed by atoms with E-state index in [1.807, 2.05) is 6.07 Å². The van der Waals surface area contributed by atoms with Crippen molar-refractivity contribution in [2.45, 2.75) is 26.9 Å². The number of aryl methyl sites for hydroxylation is 1. The molecule has 0 saturated heterocycles. The predicted octanol–water partition coefficient (Wildman–Crippen LogP) is 3.60. The van der Waals surface area contributed by atoms with Gasteiger partial charge in [0, 0.05) is 18.8 Å². The predicted molar refractivity (Wildman–Crippen MR) is 81.8 cm³/mol. The van der Waals surface area contributed by atoms with Gasteiger partial charge >= 0.3 is 0 Å². The average molecular weight is 254 g/mol. The van der Waals surface area contributed by atoms with E-state index in [-0.39, 0.29) is 0 Å². The first-order chi connectivity index (χ1) is 9.19. The number of nitrogen functional groups attached to an aromatic ring is 1. The quantitative estimate of drug-likeness (QED) is 0.826. The summed E-state index contributed by atoms with van der Waals surface area (Å²) in [5, 5.41) is 0. The first-order valence-corrected chi connectivity index (χ1v) is 6.80. The van der Waals surface area contributed by atoms with Crippen molar-refractivity contribution >= 4 is 5.69 Å². The van der Waals surface area contributed by atoms with Crippen LogP contribution in [0.5, 0.6) is 0 Å². The summed E-state index contributed by atoms with van der Waals surface area (Å²) in [7, 11) is 0. The lowest BCUT2D eigenvalue weighted by Gasteiger charge is -2.22.